The Balaban J connectivity index is 0.00000484. The second-order valence-electron chi connectivity index (χ2n) is 18.3. The second-order valence-corrected chi connectivity index (χ2v) is 18.3. The van der Waals surface area contributed by atoms with Crippen LogP contribution in [0.25, 0.3) is 27.6 Å². The monoisotopic (exact) mass is 950 g/mol. The molecule has 0 atom stereocenters. The van der Waals surface area contributed by atoms with Crippen LogP contribution >= 0.6 is 0 Å². The van der Waals surface area contributed by atoms with Crippen molar-refractivity contribution in [3.8, 4) is 5.82 Å². The van der Waals surface area contributed by atoms with E-state index < -0.39 is 0 Å². The molecule has 0 spiro atoms. The van der Waals surface area contributed by atoms with E-state index in [0.29, 0.717) is 6.42 Å². The molecule has 0 fully saturated rings. The molecule has 0 radical (unpaired) electrons. The minimum atomic E-state index is -0.196. The third kappa shape index (κ3) is 7.42. The molecule has 1 aliphatic heterocycles. The summed E-state index contributed by atoms with van der Waals surface area (Å²) >= 11 is 0. The predicted octanol–water partition coefficient (Wildman–Crippen LogP) is 13.7. The Bertz CT molecular complexity index is 2800. The van der Waals surface area contributed by atoms with E-state index in [1.54, 1.807) is 0 Å². The van der Waals surface area contributed by atoms with Crippen molar-refractivity contribution < 1.29 is 21.1 Å². The fraction of sp³-hybridized carbons (Fsp3) is 0.222. The van der Waals surface area contributed by atoms with Gasteiger partial charge in [0.25, 0.3) is 0 Å². The number of fused-ring (bicyclic) bond motifs is 4. The molecule has 2 aromatic heterocycles. The van der Waals surface area contributed by atoms with E-state index in [2.05, 4.69) is 228 Å². The van der Waals surface area contributed by atoms with Crippen molar-refractivity contribution >= 4 is 44.6 Å². The molecule has 300 valence electrons. The third-order valence-electron chi connectivity index (χ3n) is 11.9. The van der Waals surface area contributed by atoms with E-state index in [1.807, 2.05) is 6.20 Å². The molecule has 3 heterocycles. The van der Waals surface area contributed by atoms with Crippen LogP contribution in [0.3, 0.4) is 0 Å². The zero-order valence-electron chi connectivity index (χ0n) is 35.2. The maximum absolute atomic E-state index is 4.99. The van der Waals surface area contributed by atoms with Crippen LogP contribution in [0.5, 0.6) is 0 Å². The summed E-state index contributed by atoms with van der Waals surface area (Å²) in [6.07, 6.45) is 2.64. The van der Waals surface area contributed by atoms with Gasteiger partial charge in [-0.1, -0.05) is 140 Å². The van der Waals surface area contributed by atoms with Gasteiger partial charge in [0.1, 0.15) is 5.82 Å². The summed E-state index contributed by atoms with van der Waals surface area (Å²) in [7, 11) is 0. The average molecular weight is 951 g/mol. The van der Waals surface area contributed by atoms with E-state index >= 15 is 0 Å². The molecule has 0 bridgehead atoms. The topological polar surface area (TPSA) is 24.3 Å². The fourth-order valence-corrected chi connectivity index (χ4v) is 8.52. The number of hydrogen-bond donors (Lipinski definition) is 0. The summed E-state index contributed by atoms with van der Waals surface area (Å²) in [4.78, 5) is 9.64. The van der Waals surface area contributed by atoms with Crippen molar-refractivity contribution in [3.63, 3.8) is 0 Å². The maximum atomic E-state index is 4.99. The van der Waals surface area contributed by atoms with Crippen molar-refractivity contribution in [1.29, 1.82) is 0 Å². The summed E-state index contributed by atoms with van der Waals surface area (Å²) in [5.41, 5.74) is 13.7. The Morgan fingerprint density at radius 3 is 1.93 bits per heavy atom. The van der Waals surface area contributed by atoms with Crippen LogP contribution in [0.2, 0.25) is 0 Å². The summed E-state index contributed by atoms with van der Waals surface area (Å²) in [5, 5.41) is 2.36. The Morgan fingerprint density at radius 2 is 1.20 bits per heavy atom. The first-order valence-corrected chi connectivity index (χ1v) is 20.4. The number of anilines is 4. The van der Waals surface area contributed by atoms with E-state index in [1.165, 1.54) is 38.7 Å². The van der Waals surface area contributed by atoms with Gasteiger partial charge >= 0.3 is 0 Å². The summed E-state index contributed by atoms with van der Waals surface area (Å²) < 4.78 is 2.29. The van der Waals surface area contributed by atoms with Crippen molar-refractivity contribution in [2.45, 2.75) is 78.1 Å². The maximum Gasteiger partial charge on any atom is 0.135 e. The quantitative estimate of drug-likeness (QED) is 0.149. The van der Waals surface area contributed by atoms with Gasteiger partial charge in [-0.25, -0.2) is 4.98 Å². The fourth-order valence-electron chi connectivity index (χ4n) is 8.52. The first-order valence-electron chi connectivity index (χ1n) is 20.4. The molecule has 9 rings (SSSR count). The molecule has 0 aliphatic carbocycles. The molecule has 0 amide bonds. The van der Waals surface area contributed by atoms with Crippen molar-refractivity contribution in [2.24, 2.45) is 0 Å². The Kier molecular flexibility index (Phi) is 10.5. The number of nitrogens with zero attached hydrogens (tertiary/aromatic N) is 4. The molecule has 8 aromatic rings. The zero-order chi connectivity index (χ0) is 40.4. The van der Waals surface area contributed by atoms with Crippen LogP contribution < -0.4 is 9.80 Å². The van der Waals surface area contributed by atoms with Crippen LogP contribution in [0.15, 0.2) is 146 Å². The molecule has 0 saturated heterocycles. The predicted molar refractivity (Wildman–Crippen MR) is 243 cm³/mol. The summed E-state index contributed by atoms with van der Waals surface area (Å²) in [6, 6.07) is 58.2. The van der Waals surface area contributed by atoms with Gasteiger partial charge in [-0.3, -0.25) is 0 Å². The van der Waals surface area contributed by atoms with Gasteiger partial charge in [-0.15, -0.1) is 23.8 Å². The van der Waals surface area contributed by atoms with Crippen LogP contribution in [0.1, 0.15) is 88.8 Å². The molecule has 59 heavy (non-hydrogen) atoms. The average Bonchev–Trinajstić information content (AvgIpc) is 3.77. The summed E-state index contributed by atoms with van der Waals surface area (Å²) in [6.45, 7) is 20.5. The van der Waals surface area contributed by atoms with Gasteiger partial charge in [0.15, 0.2) is 0 Å². The van der Waals surface area contributed by atoms with Crippen LogP contribution in [-0.4, -0.2) is 9.55 Å². The van der Waals surface area contributed by atoms with Crippen molar-refractivity contribution in [2.75, 3.05) is 9.80 Å². The molecule has 6 aromatic carbocycles. The normalized spacial score (nSPS) is 13.2. The number of rotatable bonds is 7. The molecule has 1 aliphatic rings. The van der Waals surface area contributed by atoms with Crippen molar-refractivity contribution in [3.05, 3.63) is 198 Å². The van der Waals surface area contributed by atoms with Gasteiger partial charge in [-0.05, 0) is 75.7 Å². The third-order valence-corrected chi connectivity index (χ3v) is 11.9. The number of pyridine rings is 1. The smallest absolute Gasteiger partial charge is 0.135 e. The SMILES string of the molecule is CC(C)(C)c1cc(Cc2[c-]c3c(cc2)c2ccccc2n3-c2cc(C(C)(C)c3ccccc3)ccn2)[c-]c(N2[CH-]N(c3ccccc3C(C)(C)C)c3ccccc32)c1.[Pt]. The number of benzene rings is 6. The minimum Gasteiger partial charge on any atom is -0.493 e. The molecule has 0 N–H and O–H groups in total. The van der Waals surface area contributed by atoms with Crippen LogP contribution in [-0.2, 0) is 43.7 Å². The Hall–Kier alpha value is -5.44. The number of hydrogen-bond acceptors (Lipinski definition) is 3. The van der Waals surface area contributed by atoms with Crippen LogP contribution in [0.4, 0.5) is 22.7 Å². The Labute approximate surface area is 364 Å². The van der Waals surface area contributed by atoms with Gasteiger partial charge in [0.2, 0.25) is 0 Å². The minimum absolute atomic E-state index is 0. The largest absolute Gasteiger partial charge is 0.493 e. The summed E-state index contributed by atoms with van der Waals surface area (Å²) in [5.74, 6) is 0.894. The Morgan fingerprint density at radius 1 is 0.542 bits per heavy atom. The molecule has 0 unspecified atom stereocenters. The van der Waals surface area contributed by atoms with Gasteiger partial charge in [0, 0.05) is 55.3 Å². The first-order chi connectivity index (χ1) is 27.8. The van der Waals surface area contributed by atoms with E-state index in [-0.39, 0.29) is 37.3 Å². The zero-order valence-corrected chi connectivity index (χ0v) is 37.5. The molecule has 0 saturated carbocycles. The number of aromatic nitrogens is 2. The molecular weight excluding hydrogens is 900 g/mol. The second kappa shape index (κ2) is 15.3. The van der Waals surface area contributed by atoms with Crippen LogP contribution in [0, 0.1) is 18.8 Å². The molecule has 5 heteroatoms. The first kappa shape index (κ1) is 40.3. The number of para-hydroxylation sites is 4. The van der Waals surface area contributed by atoms with E-state index in [9.17, 15) is 0 Å². The van der Waals surface area contributed by atoms with Gasteiger partial charge in [0.05, 0.1) is 0 Å². The van der Waals surface area contributed by atoms with Gasteiger partial charge in [-0.2, -0.15) is 47.0 Å². The molecular formula is C54H51N4Pt-3. The van der Waals surface area contributed by atoms with E-state index in [4.69, 9.17) is 4.98 Å². The standard InChI is InChI=1S/C54H51N4.Pt/c1-52(2,3)41-31-38(32-42(34-41)56-36-57(49-25-17-16-24-48(49)56)47-23-15-13-21-45(47)53(4,5)6)30-37-26-27-44-43-20-12-14-22-46(43)58(50(44)33-37)51-35-40(28-29-55-51)54(7,8)39-18-10-9-11-19-39;/h9-29,31,34-36H,30H2,1-8H3;/q-3;. The van der Waals surface area contributed by atoms with Gasteiger partial charge < -0.3 is 14.4 Å². The van der Waals surface area contributed by atoms with E-state index in [0.717, 1.165) is 45.0 Å². The van der Waals surface area contributed by atoms with Crippen molar-refractivity contribution in [1.82, 2.24) is 9.55 Å². The molecule has 4 nitrogen and oxygen atoms in total.